The Morgan fingerprint density at radius 2 is 2.13 bits per heavy atom. The molecule has 0 bridgehead atoms. The summed E-state index contributed by atoms with van der Waals surface area (Å²) in [7, 11) is 0. The average molecular weight is 233 g/mol. The molecule has 5 heteroatoms. The SMILES string of the molecule is O=Cc1c(F)cccc1C(O)C(O)CCl. The van der Waals surface area contributed by atoms with E-state index in [1.54, 1.807) is 0 Å². The second kappa shape index (κ2) is 5.21. The van der Waals surface area contributed by atoms with E-state index in [1.165, 1.54) is 12.1 Å². The molecule has 0 aliphatic carbocycles. The number of hydrogen-bond acceptors (Lipinski definition) is 3. The van der Waals surface area contributed by atoms with Crippen molar-refractivity contribution in [2.75, 3.05) is 5.88 Å². The summed E-state index contributed by atoms with van der Waals surface area (Å²) in [5.41, 5.74) is -0.215. The molecule has 0 aliphatic heterocycles. The Hall–Kier alpha value is -0.970. The van der Waals surface area contributed by atoms with Gasteiger partial charge in [-0.3, -0.25) is 4.79 Å². The summed E-state index contributed by atoms with van der Waals surface area (Å²) in [6.45, 7) is 0. The molecule has 0 spiro atoms. The summed E-state index contributed by atoms with van der Waals surface area (Å²) in [4.78, 5) is 10.6. The van der Waals surface area contributed by atoms with Crippen molar-refractivity contribution in [2.24, 2.45) is 0 Å². The van der Waals surface area contributed by atoms with Crippen molar-refractivity contribution in [1.29, 1.82) is 0 Å². The van der Waals surface area contributed by atoms with E-state index in [2.05, 4.69) is 0 Å². The van der Waals surface area contributed by atoms with Gasteiger partial charge in [-0.25, -0.2) is 4.39 Å². The Labute approximate surface area is 91.1 Å². The lowest BCUT2D eigenvalue weighted by Crippen LogP contribution is -2.21. The quantitative estimate of drug-likeness (QED) is 0.607. The number of carbonyl (C=O) groups excluding carboxylic acids is 1. The van der Waals surface area contributed by atoms with Crippen LogP contribution in [0.25, 0.3) is 0 Å². The fourth-order valence-electron chi connectivity index (χ4n) is 1.23. The predicted molar refractivity (Wildman–Crippen MR) is 53.5 cm³/mol. The topological polar surface area (TPSA) is 57.5 Å². The fraction of sp³-hybridized carbons (Fsp3) is 0.300. The third-order valence-electron chi connectivity index (χ3n) is 2.05. The molecule has 1 aromatic carbocycles. The minimum atomic E-state index is -1.36. The van der Waals surface area contributed by atoms with Crippen LogP contribution in [0, 0.1) is 5.82 Å². The van der Waals surface area contributed by atoms with E-state index < -0.39 is 18.0 Å². The van der Waals surface area contributed by atoms with E-state index in [4.69, 9.17) is 11.6 Å². The first kappa shape index (κ1) is 12.1. The number of benzene rings is 1. The zero-order chi connectivity index (χ0) is 11.4. The summed E-state index contributed by atoms with van der Waals surface area (Å²) in [6.07, 6.45) is -2.29. The average Bonchev–Trinajstić information content (AvgIpc) is 2.26. The standard InChI is InChI=1S/C10H10ClFO3/c11-4-9(14)10(15)6-2-1-3-8(12)7(6)5-13/h1-3,5,9-10,14-15H,4H2. The van der Waals surface area contributed by atoms with Crippen molar-refractivity contribution in [1.82, 2.24) is 0 Å². The van der Waals surface area contributed by atoms with Crippen LogP contribution in [-0.4, -0.2) is 28.5 Å². The van der Waals surface area contributed by atoms with Crippen molar-refractivity contribution < 1.29 is 19.4 Å². The lowest BCUT2D eigenvalue weighted by atomic mass is 9.99. The van der Waals surface area contributed by atoms with Crippen LogP contribution in [0.5, 0.6) is 0 Å². The van der Waals surface area contributed by atoms with Crippen molar-refractivity contribution in [3.63, 3.8) is 0 Å². The molecule has 1 rings (SSSR count). The zero-order valence-corrected chi connectivity index (χ0v) is 8.49. The monoisotopic (exact) mass is 232 g/mol. The van der Waals surface area contributed by atoms with Gasteiger partial charge in [-0.15, -0.1) is 11.6 Å². The van der Waals surface area contributed by atoms with E-state index in [-0.39, 0.29) is 17.0 Å². The highest BCUT2D eigenvalue weighted by molar-refractivity contribution is 6.18. The molecule has 0 radical (unpaired) electrons. The van der Waals surface area contributed by atoms with Gasteiger partial charge in [-0.05, 0) is 11.6 Å². The fourth-order valence-corrected chi connectivity index (χ4v) is 1.40. The number of hydrogen-bond donors (Lipinski definition) is 2. The maximum absolute atomic E-state index is 13.1. The Kier molecular flexibility index (Phi) is 4.20. The Morgan fingerprint density at radius 3 is 2.67 bits per heavy atom. The summed E-state index contributed by atoms with van der Waals surface area (Å²) in [5.74, 6) is -0.931. The first-order valence-electron chi connectivity index (χ1n) is 4.27. The van der Waals surface area contributed by atoms with Gasteiger partial charge in [0.2, 0.25) is 0 Å². The molecular formula is C10H10ClFO3. The van der Waals surface area contributed by atoms with Crippen LogP contribution < -0.4 is 0 Å². The van der Waals surface area contributed by atoms with Gasteiger partial charge in [-0.1, -0.05) is 12.1 Å². The number of rotatable bonds is 4. The molecule has 15 heavy (non-hydrogen) atoms. The summed E-state index contributed by atoms with van der Waals surface area (Å²) < 4.78 is 13.1. The molecule has 2 N–H and O–H groups in total. The normalized spacial score (nSPS) is 14.7. The molecule has 2 atom stereocenters. The third kappa shape index (κ3) is 2.53. The van der Waals surface area contributed by atoms with Crippen molar-refractivity contribution >= 4 is 17.9 Å². The number of aldehydes is 1. The van der Waals surface area contributed by atoms with Crippen molar-refractivity contribution in [3.8, 4) is 0 Å². The van der Waals surface area contributed by atoms with Crippen molar-refractivity contribution in [2.45, 2.75) is 12.2 Å². The van der Waals surface area contributed by atoms with Gasteiger partial charge >= 0.3 is 0 Å². The second-order valence-corrected chi connectivity index (χ2v) is 3.34. The molecule has 0 saturated heterocycles. The van der Waals surface area contributed by atoms with Gasteiger partial charge in [0.15, 0.2) is 6.29 Å². The van der Waals surface area contributed by atoms with Crippen LogP contribution in [-0.2, 0) is 0 Å². The largest absolute Gasteiger partial charge is 0.389 e. The highest BCUT2D eigenvalue weighted by Crippen LogP contribution is 2.22. The van der Waals surface area contributed by atoms with Crippen LogP contribution in [0.4, 0.5) is 4.39 Å². The third-order valence-corrected chi connectivity index (χ3v) is 2.36. The molecule has 2 unspecified atom stereocenters. The van der Waals surface area contributed by atoms with Crippen molar-refractivity contribution in [3.05, 3.63) is 35.1 Å². The molecule has 0 saturated carbocycles. The molecule has 0 aromatic heterocycles. The highest BCUT2D eigenvalue weighted by Gasteiger charge is 2.21. The smallest absolute Gasteiger partial charge is 0.153 e. The van der Waals surface area contributed by atoms with Gasteiger partial charge < -0.3 is 10.2 Å². The minimum Gasteiger partial charge on any atom is -0.389 e. The lowest BCUT2D eigenvalue weighted by Gasteiger charge is -2.17. The van der Waals surface area contributed by atoms with E-state index in [0.29, 0.717) is 6.29 Å². The van der Waals surface area contributed by atoms with Gasteiger partial charge in [0.05, 0.1) is 17.5 Å². The Bertz CT molecular complexity index is 357. The Balaban J connectivity index is 3.13. The summed E-state index contributed by atoms with van der Waals surface area (Å²) >= 11 is 5.34. The number of aliphatic hydroxyl groups is 2. The predicted octanol–water partition coefficient (Wildman–Crippen LogP) is 1.27. The van der Waals surface area contributed by atoms with Crippen LogP contribution >= 0.6 is 11.6 Å². The van der Waals surface area contributed by atoms with Crippen LogP contribution in [0.3, 0.4) is 0 Å². The molecule has 3 nitrogen and oxygen atoms in total. The maximum atomic E-state index is 13.1. The van der Waals surface area contributed by atoms with Crippen LogP contribution in [0.1, 0.15) is 22.0 Å². The van der Waals surface area contributed by atoms with Crippen LogP contribution in [0.15, 0.2) is 18.2 Å². The van der Waals surface area contributed by atoms with Crippen LogP contribution in [0.2, 0.25) is 0 Å². The molecule has 82 valence electrons. The first-order valence-corrected chi connectivity index (χ1v) is 4.81. The van der Waals surface area contributed by atoms with E-state index >= 15 is 0 Å². The maximum Gasteiger partial charge on any atom is 0.153 e. The summed E-state index contributed by atoms with van der Waals surface area (Å²) in [6, 6.07) is 3.82. The summed E-state index contributed by atoms with van der Waals surface area (Å²) in [5, 5.41) is 18.8. The molecule has 0 aliphatic rings. The molecule has 0 heterocycles. The number of halogens is 2. The zero-order valence-electron chi connectivity index (χ0n) is 7.73. The number of carbonyl (C=O) groups is 1. The Morgan fingerprint density at radius 1 is 1.47 bits per heavy atom. The van der Waals surface area contributed by atoms with E-state index in [0.717, 1.165) is 6.07 Å². The first-order chi connectivity index (χ1) is 7.11. The highest BCUT2D eigenvalue weighted by atomic mass is 35.5. The molecular weight excluding hydrogens is 223 g/mol. The molecule has 0 fully saturated rings. The number of aliphatic hydroxyl groups excluding tert-OH is 2. The minimum absolute atomic E-state index is 0.0400. The molecule has 0 amide bonds. The van der Waals surface area contributed by atoms with E-state index in [1.807, 2.05) is 0 Å². The lowest BCUT2D eigenvalue weighted by molar-refractivity contribution is 0.0321. The number of alkyl halides is 1. The van der Waals surface area contributed by atoms with Gasteiger partial charge in [-0.2, -0.15) is 0 Å². The van der Waals surface area contributed by atoms with E-state index in [9.17, 15) is 19.4 Å². The molecule has 1 aromatic rings. The second-order valence-electron chi connectivity index (χ2n) is 3.03. The van der Waals surface area contributed by atoms with Gasteiger partial charge in [0.1, 0.15) is 11.9 Å². The van der Waals surface area contributed by atoms with Gasteiger partial charge in [0, 0.05) is 0 Å². The van der Waals surface area contributed by atoms with Gasteiger partial charge in [0.25, 0.3) is 0 Å².